The fourth-order valence-electron chi connectivity index (χ4n) is 2.73. The van der Waals surface area contributed by atoms with Gasteiger partial charge < -0.3 is 25.6 Å². The van der Waals surface area contributed by atoms with Crippen molar-refractivity contribution in [1.82, 2.24) is 9.88 Å². The van der Waals surface area contributed by atoms with Crippen LogP contribution in [0, 0.1) is 0 Å². The van der Waals surface area contributed by atoms with Gasteiger partial charge >= 0.3 is 0 Å². The molecule has 0 bridgehead atoms. The molecule has 1 aliphatic rings. The topological polar surface area (TPSA) is 83.7 Å². The highest BCUT2D eigenvalue weighted by molar-refractivity contribution is 5.73. The summed E-state index contributed by atoms with van der Waals surface area (Å²) in [7, 11) is 3.65. The lowest BCUT2D eigenvalue weighted by molar-refractivity contribution is -0.129. The molecule has 7 heteroatoms. The second-order valence-corrected chi connectivity index (χ2v) is 5.98. The number of ether oxygens (including phenoxy) is 1. The molecule has 1 amide bonds. The molecule has 0 aliphatic carbocycles. The van der Waals surface area contributed by atoms with E-state index in [0.29, 0.717) is 18.5 Å². The van der Waals surface area contributed by atoms with Gasteiger partial charge in [-0.25, -0.2) is 4.98 Å². The molecule has 1 saturated heterocycles. The molecular formula is C16H27N5O2. The molecule has 0 saturated carbocycles. The molecule has 3 N–H and O–H groups in total. The molecule has 2 heterocycles. The number of hydrogen-bond donors (Lipinski definition) is 2. The number of carbonyl (C=O) groups is 1. The Bertz CT molecular complexity index is 529. The molecule has 23 heavy (non-hydrogen) atoms. The quantitative estimate of drug-likeness (QED) is 0.818. The van der Waals surface area contributed by atoms with Gasteiger partial charge in [0.15, 0.2) is 0 Å². The minimum atomic E-state index is 0.152. The molecule has 7 nitrogen and oxygen atoms in total. The Morgan fingerprint density at radius 3 is 2.78 bits per heavy atom. The molecule has 0 atom stereocenters. The van der Waals surface area contributed by atoms with Crippen LogP contribution in [0.3, 0.4) is 0 Å². The molecule has 2 rings (SSSR count). The highest BCUT2D eigenvalue weighted by Gasteiger charge is 2.20. The van der Waals surface area contributed by atoms with E-state index in [-0.39, 0.29) is 5.91 Å². The number of nitrogen functional groups attached to an aromatic ring is 1. The van der Waals surface area contributed by atoms with Crippen LogP contribution in [0.15, 0.2) is 12.1 Å². The normalized spacial score (nSPS) is 15.5. The number of carbonyl (C=O) groups excluding carboxylic acids is 1. The first-order chi connectivity index (χ1) is 11.0. The molecular weight excluding hydrogens is 294 g/mol. The number of likely N-dealkylation sites (tertiary alicyclic amines) is 1. The van der Waals surface area contributed by atoms with E-state index < -0.39 is 0 Å². The van der Waals surface area contributed by atoms with Crippen molar-refractivity contribution >= 4 is 23.2 Å². The first-order valence-electron chi connectivity index (χ1n) is 7.99. The van der Waals surface area contributed by atoms with Crippen LogP contribution in [0.4, 0.5) is 17.3 Å². The summed E-state index contributed by atoms with van der Waals surface area (Å²) in [5.41, 5.74) is 6.90. The third-order valence-corrected chi connectivity index (χ3v) is 4.16. The molecule has 1 aromatic heterocycles. The summed E-state index contributed by atoms with van der Waals surface area (Å²) < 4.78 is 5.10. The predicted octanol–water partition coefficient (Wildman–Crippen LogP) is 1.17. The van der Waals surface area contributed by atoms with Crippen LogP contribution in [0.5, 0.6) is 0 Å². The first kappa shape index (κ1) is 17.3. The number of amides is 1. The Morgan fingerprint density at radius 2 is 2.17 bits per heavy atom. The zero-order chi connectivity index (χ0) is 16.8. The van der Waals surface area contributed by atoms with Gasteiger partial charge in [0.2, 0.25) is 5.91 Å². The fourth-order valence-corrected chi connectivity index (χ4v) is 2.73. The monoisotopic (exact) mass is 321 g/mol. The standard InChI is InChI=1S/C16H27N5O2/c1-12(22)21-6-4-13(5-7-21)18-14-10-15(17)19-16(11-14)20(2)8-9-23-3/h10-11,13H,4-9H2,1-3H3,(H3,17,18,19). The van der Waals surface area contributed by atoms with Crippen molar-refractivity contribution in [1.29, 1.82) is 0 Å². The van der Waals surface area contributed by atoms with Crippen LogP contribution in [-0.2, 0) is 9.53 Å². The zero-order valence-electron chi connectivity index (χ0n) is 14.2. The van der Waals surface area contributed by atoms with Crippen molar-refractivity contribution in [2.24, 2.45) is 0 Å². The Hall–Kier alpha value is -2.02. The predicted molar refractivity (Wildman–Crippen MR) is 92.7 cm³/mol. The summed E-state index contributed by atoms with van der Waals surface area (Å²) >= 11 is 0. The maximum atomic E-state index is 11.4. The Labute approximate surface area is 137 Å². The molecule has 0 unspecified atom stereocenters. The highest BCUT2D eigenvalue weighted by Crippen LogP contribution is 2.22. The van der Waals surface area contributed by atoms with E-state index in [1.165, 1.54) is 0 Å². The van der Waals surface area contributed by atoms with E-state index >= 15 is 0 Å². The minimum absolute atomic E-state index is 0.152. The number of nitrogens with two attached hydrogens (primary N) is 1. The van der Waals surface area contributed by atoms with Gasteiger partial charge in [-0.15, -0.1) is 0 Å². The van der Waals surface area contributed by atoms with Crippen LogP contribution < -0.4 is 16.0 Å². The summed E-state index contributed by atoms with van der Waals surface area (Å²) in [6.07, 6.45) is 1.88. The van der Waals surface area contributed by atoms with Crippen LogP contribution in [0.25, 0.3) is 0 Å². The molecule has 1 fully saturated rings. The lowest BCUT2D eigenvalue weighted by Gasteiger charge is -2.32. The largest absolute Gasteiger partial charge is 0.384 e. The summed E-state index contributed by atoms with van der Waals surface area (Å²) in [4.78, 5) is 19.7. The summed E-state index contributed by atoms with van der Waals surface area (Å²) in [5.74, 6) is 1.47. The Morgan fingerprint density at radius 1 is 1.48 bits per heavy atom. The van der Waals surface area contributed by atoms with E-state index in [1.54, 1.807) is 14.0 Å². The van der Waals surface area contributed by atoms with Crippen molar-refractivity contribution in [3.8, 4) is 0 Å². The molecule has 128 valence electrons. The number of likely N-dealkylation sites (N-methyl/N-ethyl adjacent to an activating group) is 1. The van der Waals surface area contributed by atoms with Crippen LogP contribution in [0.1, 0.15) is 19.8 Å². The third kappa shape index (κ3) is 4.99. The number of methoxy groups -OCH3 is 1. The van der Waals surface area contributed by atoms with Gasteiger partial charge in [0.05, 0.1) is 6.61 Å². The van der Waals surface area contributed by atoms with E-state index in [0.717, 1.165) is 44.0 Å². The third-order valence-electron chi connectivity index (χ3n) is 4.16. The Kier molecular flexibility index (Phi) is 6.04. The van der Waals surface area contributed by atoms with Gasteiger partial charge in [-0.05, 0) is 12.8 Å². The number of hydrogen-bond acceptors (Lipinski definition) is 6. The van der Waals surface area contributed by atoms with Gasteiger partial charge in [0.1, 0.15) is 11.6 Å². The summed E-state index contributed by atoms with van der Waals surface area (Å²) in [5, 5.41) is 3.52. The van der Waals surface area contributed by atoms with Gasteiger partial charge in [-0.2, -0.15) is 0 Å². The van der Waals surface area contributed by atoms with Crippen LogP contribution in [0.2, 0.25) is 0 Å². The first-order valence-corrected chi connectivity index (χ1v) is 7.99. The number of piperidine rings is 1. The van der Waals surface area contributed by atoms with Crippen molar-refractivity contribution in [3.63, 3.8) is 0 Å². The second kappa shape index (κ2) is 8.01. The van der Waals surface area contributed by atoms with E-state index in [1.807, 2.05) is 29.0 Å². The maximum Gasteiger partial charge on any atom is 0.219 e. The number of pyridine rings is 1. The molecule has 0 radical (unpaired) electrons. The number of aromatic nitrogens is 1. The fraction of sp³-hybridized carbons (Fsp3) is 0.625. The summed E-state index contributed by atoms with van der Waals surface area (Å²) in [6, 6.07) is 4.21. The van der Waals surface area contributed by atoms with E-state index in [9.17, 15) is 4.79 Å². The smallest absolute Gasteiger partial charge is 0.219 e. The van der Waals surface area contributed by atoms with E-state index in [2.05, 4.69) is 10.3 Å². The zero-order valence-corrected chi connectivity index (χ0v) is 14.2. The lowest BCUT2D eigenvalue weighted by atomic mass is 10.0. The molecule has 0 spiro atoms. The van der Waals surface area contributed by atoms with Crippen molar-refractivity contribution in [2.45, 2.75) is 25.8 Å². The number of nitrogens with one attached hydrogen (secondary N) is 1. The number of anilines is 3. The van der Waals surface area contributed by atoms with Crippen molar-refractivity contribution < 1.29 is 9.53 Å². The highest BCUT2D eigenvalue weighted by atomic mass is 16.5. The van der Waals surface area contributed by atoms with Crippen molar-refractivity contribution in [3.05, 3.63) is 12.1 Å². The van der Waals surface area contributed by atoms with Gasteiger partial charge in [-0.3, -0.25) is 4.79 Å². The molecule has 0 aromatic carbocycles. The molecule has 1 aromatic rings. The lowest BCUT2D eigenvalue weighted by Crippen LogP contribution is -2.41. The Balaban J connectivity index is 1.97. The minimum Gasteiger partial charge on any atom is -0.384 e. The maximum absolute atomic E-state index is 11.4. The molecule has 1 aliphatic heterocycles. The second-order valence-electron chi connectivity index (χ2n) is 5.98. The van der Waals surface area contributed by atoms with Gasteiger partial charge in [0, 0.05) is 64.6 Å². The van der Waals surface area contributed by atoms with Gasteiger partial charge in [-0.1, -0.05) is 0 Å². The average Bonchev–Trinajstić information content (AvgIpc) is 2.52. The number of nitrogens with zero attached hydrogens (tertiary/aromatic N) is 3. The summed E-state index contributed by atoms with van der Waals surface area (Å²) in [6.45, 7) is 4.62. The van der Waals surface area contributed by atoms with E-state index in [4.69, 9.17) is 10.5 Å². The van der Waals surface area contributed by atoms with Crippen LogP contribution in [-0.4, -0.2) is 62.2 Å². The SMILES string of the molecule is COCCN(C)c1cc(NC2CCN(C(C)=O)CC2)cc(N)n1. The number of rotatable bonds is 6. The van der Waals surface area contributed by atoms with Gasteiger partial charge in [0.25, 0.3) is 0 Å². The average molecular weight is 321 g/mol. The van der Waals surface area contributed by atoms with Crippen LogP contribution >= 0.6 is 0 Å². The van der Waals surface area contributed by atoms with Crippen molar-refractivity contribution in [2.75, 3.05) is 56.3 Å².